The van der Waals surface area contributed by atoms with Gasteiger partial charge in [0.2, 0.25) is 0 Å². The van der Waals surface area contributed by atoms with E-state index in [9.17, 15) is 23.5 Å². The summed E-state index contributed by atoms with van der Waals surface area (Å²) in [7, 11) is 8.74. The van der Waals surface area contributed by atoms with E-state index in [0.29, 0.717) is 0 Å². The zero-order chi connectivity index (χ0) is 14.3. The number of nitrogens with zero attached hydrogens (tertiary/aromatic N) is 1. The van der Waals surface area contributed by atoms with Crippen molar-refractivity contribution >= 4 is 0 Å². The van der Waals surface area contributed by atoms with Crippen LogP contribution in [0.4, 0.5) is 0 Å². The van der Waals surface area contributed by atoms with Crippen LogP contribution in [0.5, 0.6) is 0 Å². The van der Waals surface area contributed by atoms with Crippen LogP contribution in [0, 0.1) is 0 Å². The molecule has 0 radical (unpaired) electrons. The molecule has 0 rings (SSSR count). The van der Waals surface area contributed by atoms with Gasteiger partial charge in [-0.05, 0) is 0 Å². The fourth-order valence-electron chi connectivity index (χ4n) is 0.618. The fourth-order valence-corrected chi connectivity index (χ4v) is 2.25. The third-order valence-corrected chi connectivity index (χ3v) is 3.92. The molecule has 0 spiro atoms. The molecule has 0 heterocycles. The van der Waals surface area contributed by atoms with E-state index >= 15 is 0 Å². The van der Waals surface area contributed by atoms with Gasteiger partial charge in [0.1, 0.15) is 13.1 Å². The van der Waals surface area contributed by atoms with Crippen LogP contribution in [-0.4, -0.2) is 45.8 Å². The van der Waals surface area contributed by atoms with Crippen molar-refractivity contribution in [1.29, 1.82) is 0 Å². The maximum atomic E-state index is 9.38. The minimum atomic E-state index is -6.07. The van der Waals surface area contributed by atoms with Gasteiger partial charge in [-0.3, -0.25) is 0 Å². The van der Waals surface area contributed by atoms with Crippen LogP contribution in [-0.2, 0) is 45.3 Å². The fraction of sp³-hybridized carbons (Fsp3) is 1.00. The molecule has 0 amide bonds. The quantitative estimate of drug-likeness (QED) is 0.505. The molecule has 106 valence electrons. The zero-order valence-electron chi connectivity index (χ0n) is 10.1. The summed E-state index contributed by atoms with van der Waals surface area (Å²) in [4.78, 5) is 0. The van der Waals surface area contributed by atoms with E-state index in [4.69, 9.17) is 0 Å². The molecule has 0 aliphatic carbocycles. The molecule has 0 aromatic heterocycles. The molecule has 0 saturated heterocycles. The Morgan fingerprint density at radius 3 is 1.47 bits per heavy atom. The van der Waals surface area contributed by atoms with Crippen molar-refractivity contribution in [3.05, 3.63) is 0 Å². The van der Waals surface area contributed by atoms with Crippen molar-refractivity contribution in [2.75, 3.05) is 41.3 Å². The van der Waals surface area contributed by atoms with Crippen molar-refractivity contribution < 1.29 is 63.4 Å². The van der Waals surface area contributed by atoms with E-state index in [2.05, 4.69) is 36.3 Å². The van der Waals surface area contributed by atoms with E-state index in [1.54, 1.807) is 0 Å². The van der Waals surface area contributed by atoms with E-state index < -0.39 is 27.2 Å². The molecule has 9 nitrogen and oxygen atoms in total. The van der Waals surface area contributed by atoms with Crippen LogP contribution in [0.25, 0.3) is 0 Å². The third kappa shape index (κ3) is 26.0. The first-order valence-corrected chi connectivity index (χ1v) is 8.64. The van der Waals surface area contributed by atoms with Crippen LogP contribution in [0.15, 0.2) is 0 Å². The molecule has 2 N–H and O–H groups in total. The van der Waals surface area contributed by atoms with E-state index in [0.717, 1.165) is 4.48 Å². The van der Waals surface area contributed by atoms with Crippen molar-refractivity contribution in [2.24, 2.45) is 0 Å². The Balaban J connectivity index is 0. The van der Waals surface area contributed by atoms with Gasteiger partial charge in [-0.1, -0.05) is 0 Å². The third-order valence-electron chi connectivity index (χ3n) is 1.26. The van der Waals surface area contributed by atoms with Crippen molar-refractivity contribution in [3.63, 3.8) is 0 Å². The van der Waals surface area contributed by atoms with Gasteiger partial charge in [0.15, 0.2) is 0 Å². The summed E-state index contributed by atoms with van der Waals surface area (Å²) in [5, 5.41) is 2.21. The molecule has 0 aromatic carbocycles. The first-order chi connectivity index (χ1) is 7.27. The van der Waals surface area contributed by atoms with Crippen molar-refractivity contribution in [2.45, 2.75) is 0 Å². The maximum absolute atomic E-state index is 9.38. The Labute approximate surface area is 105 Å². The first kappa shape index (κ1) is 19.4. The molecular formula is C6H18Cr2N2O7. The first-order valence-electron chi connectivity index (χ1n) is 4.48. The van der Waals surface area contributed by atoms with E-state index in [1.807, 2.05) is 0 Å². The van der Waals surface area contributed by atoms with Crippen LogP contribution < -0.4 is 13.6 Å². The molecule has 0 unspecified atom stereocenters. The Hall–Kier alpha value is 0.0649. The van der Waals surface area contributed by atoms with Gasteiger partial charge in [-0.25, -0.2) is 0 Å². The summed E-state index contributed by atoms with van der Waals surface area (Å²) in [6.07, 6.45) is 0. The molecule has 0 aliphatic heterocycles. The van der Waals surface area contributed by atoms with Gasteiger partial charge in [0, 0.05) is 0 Å². The molecule has 0 fully saturated rings. The van der Waals surface area contributed by atoms with Gasteiger partial charge in [0.05, 0.1) is 28.2 Å². The monoisotopic (exact) mass is 334 g/mol. The predicted octanol–water partition coefficient (Wildman–Crippen LogP) is -4.04. The summed E-state index contributed by atoms with van der Waals surface area (Å²) in [5.41, 5.74) is 0. The summed E-state index contributed by atoms with van der Waals surface area (Å²) in [6.45, 7) is 2.47. The number of hydrogen-bond acceptors (Lipinski definition) is 7. The Morgan fingerprint density at radius 2 is 1.41 bits per heavy atom. The SMILES string of the molecule is C[NH2+]CC[N+](C)(C)C.[O]=[Cr](=[O])([O-])[O][Cr](=[O])(=[O])[O-]. The Bertz CT molecular complexity index is 365. The second-order valence-electron chi connectivity index (χ2n) is 4.10. The van der Waals surface area contributed by atoms with Gasteiger partial charge in [-0.15, -0.1) is 0 Å². The molecule has 0 aliphatic rings. The van der Waals surface area contributed by atoms with Gasteiger partial charge in [-0.2, -0.15) is 0 Å². The number of likely N-dealkylation sites (N-methyl/N-ethyl adjacent to an activating group) is 2. The Kier molecular flexibility index (Phi) is 8.55. The van der Waals surface area contributed by atoms with E-state index in [-0.39, 0.29) is 0 Å². The van der Waals surface area contributed by atoms with E-state index in [1.165, 1.54) is 13.1 Å². The molecule has 0 saturated carbocycles. The molecule has 0 aromatic rings. The van der Waals surface area contributed by atoms with Gasteiger partial charge in [0.25, 0.3) is 0 Å². The topological polar surface area (TPSA) is 140 Å². The van der Waals surface area contributed by atoms with Crippen LogP contribution in [0.3, 0.4) is 0 Å². The second kappa shape index (κ2) is 7.49. The summed E-state index contributed by atoms with van der Waals surface area (Å²) in [6, 6.07) is 0. The number of quaternary nitrogens is 2. The van der Waals surface area contributed by atoms with Crippen LogP contribution in [0.1, 0.15) is 0 Å². The summed E-state index contributed by atoms with van der Waals surface area (Å²) < 4.78 is 60.0. The number of nitrogens with two attached hydrogens (primary N) is 1. The molecule has 17 heavy (non-hydrogen) atoms. The molecular weight excluding hydrogens is 316 g/mol. The zero-order valence-corrected chi connectivity index (χ0v) is 12.7. The average Bonchev–Trinajstić information content (AvgIpc) is 1.93. The molecule has 11 heteroatoms. The van der Waals surface area contributed by atoms with Crippen LogP contribution >= 0.6 is 0 Å². The summed E-state index contributed by atoms with van der Waals surface area (Å²) >= 11 is -12.1. The second-order valence-corrected chi connectivity index (χ2v) is 7.73. The average molecular weight is 334 g/mol. The number of rotatable bonds is 5. The summed E-state index contributed by atoms with van der Waals surface area (Å²) in [5.74, 6) is 0. The normalized spacial score (nSPS) is 12.8. The van der Waals surface area contributed by atoms with Crippen molar-refractivity contribution in [3.8, 4) is 0 Å². The Morgan fingerprint density at radius 1 is 1.06 bits per heavy atom. The van der Waals surface area contributed by atoms with Crippen molar-refractivity contribution in [1.82, 2.24) is 0 Å². The van der Waals surface area contributed by atoms with Gasteiger partial charge < -0.3 is 9.80 Å². The molecule has 0 bridgehead atoms. The standard InChI is InChI=1S/C6H17N2.2Cr.7O/c1-7-5-6-8(2,3)4;;;;;;;;;/h7H,5-6H2,1-4H3;;;;;;;;;/q+1;;;;;;;;2*-1/p+1. The van der Waals surface area contributed by atoms with Crippen LogP contribution in [0.2, 0.25) is 0 Å². The number of hydrogen-bond donors (Lipinski definition) is 1. The predicted molar refractivity (Wildman–Crippen MR) is 39.4 cm³/mol. The minimum absolute atomic E-state index is 1.07. The van der Waals surface area contributed by atoms with Gasteiger partial charge >= 0.3 is 53.6 Å². The molecule has 0 atom stereocenters.